The molecule has 2 amide bonds. The molecule has 3 rings (SSSR count). The number of hydrogen-bond donors (Lipinski definition) is 1. The molecule has 0 unspecified atom stereocenters. The Hall–Kier alpha value is -0.810. The third-order valence-electron chi connectivity index (χ3n) is 5.26. The van der Waals surface area contributed by atoms with Crippen LogP contribution < -0.4 is 5.32 Å². The van der Waals surface area contributed by atoms with Crippen LogP contribution in [0.3, 0.4) is 0 Å². The molecule has 0 aromatic heterocycles. The van der Waals surface area contributed by atoms with Gasteiger partial charge >= 0.3 is 6.03 Å². The van der Waals surface area contributed by atoms with Gasteiger partial charge in [-0.15, -0.1) is 0 Å². The van der Waals surface area contributed by atoms with Gasteiger partial charge in [-0.3, -0.25) is 4.90 Å². The minimum Gasteiger partial charge on any atom is -0.331 e. The van der Waals surface area contributed by atoms with Gasteiger partial charge in [0.1, 0.15) is 0 Å². The van der Waals surface area contributed by atoms with E-state index in [1.807, 2.05) is 19.0 Å². The normalized spacial score (nSPS) is 32.2. The third kappa shape index (κ3) is 2.79. The van der Waals surface area contributed by atoms with Gasteiger partial charge in [0.2, 0.25) is 0 Å². The highest BCUT2D eigenvalue weighted by atomic mass is 16.2. The zero-order chi connectivity index (χ0) is 14.1. The van der Waals surface area contributed by atoms with E-state index in [1.165, 1.54) is 32.5 Å². The van der Waals surface area contributed by atoms with Crippen molar-refractivity contribution in [2.75, 3.05) is 46.8 Å². The fourth-order valence-corrected chi connectivity index (χ4v) is 4.08. The fraction of sp³-hybridized carbons (Fsp3) is 0.933. The van der Waals surface area contributed by atoms with Crippen LogP contribution in [-0.2, 0) is 0 Å². The van der Waals surface area contributed by atoms with Crippen molar-refractivity contribution in [2.45, 2.75) is 37.8 Å². The molecular formula is C15H28N4O. The van der Waals surface area contributed by atoms with Crippen molar-refractivity contribution in [1.29, 1.82) is 0 Å². The molecule has 3 saturated heterocycles. The molecule has 0 saturated carbocycles. The Labute approximate surface area is 122 Å². The van der Waals surface area contributed by atoms with Gasteiger partial charge in [0.15, 0.2) is 0 Å². The predicted octanol–water partition coefficient (Wildman–Crippen LogP) is 0.816. The van der Waals surface area contributed by atoms with E-state index in [4.69, 9.17) is 0 Å². The number of urea groups is 1. The largest absolute Gasteiger partial charge is 0.331 e. The van der Waals surface area contributed by atoms with Crippen LogP contribution in [0.25, 0.3) is 0 Å². The summed E-state index contributed by atoms with van der Waals surface area (Å²) in [6.07, 6.45) is 5.01. The molecule has 5 heteroatoms. The zero-order valence-corrected chi connectivity index (χ0v) is 12.8. The predicted molar refractivity (Wildman–Crippen MR) is 79.8 cm³/mol. The summed E-state index contributed by atoms with van der Waals surface area (Å²) >= 11 is 0. The smallest absolute Gasteiger partial charge is 0.319 e. The van der Waals surface area contributed by atoms with Crippen molar-refractivity contribution < 1.29 is 4.79 Å². The summed E-state index contributed by atoms with van der Waals surface area (Å²) < 4.78 is 0. The van der Waals surface area contributed by atoms with Crippen LogP contribution in [0.1, 0.15) is 25.7 Å². The number of rotatable bonds is 1. The number of fused-ring (bicyclic) bond motifs is 1. The molecule has 20 heavy (non-hydrogen) atoms. The summed E-state index contributed by atoms with van der Waals surface area (Å²) in [7, 11) is 3.68. The van der Waals surface area contributed by atoms with Crippen LogP contribution in [0, 0.1) is 5.92 Å². The highest BCUT2D eigenvalue weighted by Crippen LogP contribution is 2.29. The first-order valence-corrected chi connectivity index (χ1v) is 8.09. The van der Waals surface area contributed by atoms with Crippen LogP contribution in [0.2, 0.25) is 0 Å². The molecule has 0 spiro atoms. The maximum Gasteiger partial charge on any atom is 0.319 e. The minimum atomic E-state index is 0.167. The van der Waals surface area contributed by atoms with Crippen molar-refractivity contribution in [2.24, 2.45) is 5.92 Å². The van der Waals surface area contributed by atoms with E-state index in [0.29, 0.717) is 6.04 Å². The van der Waals surface area contributed by atoms with Crippen LogP contribution in [-0.4, -0.2) is 79.6 Å². The molecule has 0 aliphatic carbocycles. The number of likely N-dealkylation sites (tertiary alicyclic amines) is 2. The van der Waals surface area contributed by atoms with Gasteiger partial charge < -0.3 is 15.1 Å². The minimum absolute atomic E-state index is 0.167. The van der Waals surface area contributed by atoms with Gasteiger partial charge in [-0.1, -0.05) is 0 Å². The molecule has 0 bridgehead atoms. The summed E-state index contributed by atoms with van der Waals surface area (Å²) in [5.41, 5.74) is 0. The van der Waals surface area contributed by atoms with Crippen LogP contribution in [0.4, 0.5) is 4.79 Å². The second-order valence-corrected chi connectivity index (χ2v) is 6.81. The monoisotopic (exact) mass is 280 g/mol. The first-order chi connectivity index (χ1) is 9.65. The molecule has 3 fully saturated rings. The topological polar surface area (TPSA) is 38.8 Å². The first kappa shape index (κ1) is 14.1. The first-order valence-electron chi connectivity index (χ1n) is 8.09. The average molecular weight is 280 g/mol. The molecule has 3 heterocycles. The van der Waals surface area contributed by atoms with E-state index >= 15 is 0 Å². The molecule has 0 radical (unpaired) electrons. The molecule has 5 nitrogen and oxygen atoms in total. The van der Waals surface area contributed by atoms with Crippen molar-refractivity contribution in [1.82, 2.24) is 20.0 Å². The fourth-order valence-electron chi connectivity index (χ4n) is 4.08. The number of nitrogens with one attached hydrogen (secondary N) is 1. The third-order valence-corrected chi connectivity index (χ3v) is 5.26. The van der Waals surface area contributed by atoms with Crippen molar-refractivity contribution >= 4 is 6.03 Å². The quantitative estimate of drug-likeness (QED) is 0.773. The Bertz CT molecular complexity index is 338. The number of hydrogen-bond acceptors (Lipinski definition) is 3. The van der Waals surface area contributed by atoms with Gasteiger partial charge in [-0.05, 0) is 38.1 Å². The van der Waals surface area contributed by atoms with Crippen LogP contribution >= 0.6 is 0 Å². The summed E-state index contributed by atoms with van der Waals surface area (Å²) in [4.78, 5) is 18.3. The van der Waals surface area contributed by atoms with Gasteiger partial charge in [0, 0.05) is 52.4 Å². The number of carbonyl (C=O) groups excluding carboxylic acids is 1. The lowest BCUT2D eigenvalue weighted by atomic mass is 9.94. The van der Waals surface area contributed by atoms with Gasteiger partial charge in [0.25, 0.3) is 0 Å². The molecule has 0 aromatic rings. The van der Waals surface area contributed by atoms with Gasteiger partial charge in [0.05, 0.1) is 0 Å². The number of carbonyl (C=O) groups is 1. The van der Waals surface area contributed by atoms with E-state index in [2.05, 4.69) is 10.2 Å². The van der Waals surface area contributed by atoms with Crippen molar-refractivity contribution in [3.63, 3.8) is 0 Å². The molecule has 2 atom stereocenters. The summed E-state index contributed by atoms with van der Waals surface area (Å²) in [6.45, 7) is 5.52. The zero-order valence-electron chi connectivity index (χ0n) is 12.8. The summed E-state index contributed by atoms with van der Waals surface area (Å²) in [6, 6.07) is 1.58. The standard InChI is InChI=1S/C15H28N4O/c1-17(2)15(20)18-8-5-13(6-9-18)19-10-12-4-3-7-16-14(12)11-19/h12-14,16H,3-11H2,1-2H3/t12-,14+/m0/s1. The summed E-state index contributed by atoms with van der Waals surface area (Å²) in [5, 5.41) is 3.68. The summed E-state index contributed by atoms with van der Waals surface area (Å²) in [5.74, 6) is 0.866. The second-order valence-electron chi connectivity index (χ2n) is 6.81. The van der Waals surface area contributed by atoms with Gasteiger partial charge in [-0.25, -0.2) is 4.79 Å². The number of nitrogens with zero attached hydrogens (tertiary/aromatic N) is 3. The van der Waals surface area contributed by atoms with E-state index in [0.717, 1.165) is 37.9 Å². The van der Waals surface area contributed by atoms with E-state index in [9.17, 15) is 4.79 Å². The Morgan fingerprint density at radius 1 is 1.15 bits per heavy atom. The second kappa shape index (κ2) is 5.90. The molecular weight excluding hydrogens is 252 g/mol. The Balaban J connectivity index is 1.50. The van der Waals surface area contributed by atoms with Gasteiger partial charge in [-0.2, -0.15) is 0 Å². The lowest BCUT2D eigenvalue weighted by molar-refractivity contribution is 0.118. The maximum atomic E-state index is 12.0. The Morgan fingerprint density at radius 2 is 1.90 bits per heavy atom. The lowest BCUT2D eigenvalue weighted by Crippen LogP contribution is -2.49. The highest BCUT2D eigenvalue weighted by Gasteiger charge is 2.38. The SMILES string of the molecule is CN(C)C(=O)N1CCC(N2C[C@@H]3CCCN[C@@H]3C2)CC1. The maximum absolute atomic E-state index is 12.0. The van der Waals surface area contributed by atoms with E-state index in [-0.39, 0.29) is 6.03 Å². The molecule has 0 aromatic carbocycles. The number of piperidine rings is 2. The molecule has 3 aliphatic heterocycles. The van der Waals surface area contributed by atoms with E-state index in [1.54, 1.807) is 4.90 Å². The van der Waals surface area contributed by atoms with E-state index < -0.39 is 0 Å². The average Bonchev–Trinajstić information content (AvgIpc) is 2.90. The van der Waals surface area contributed by atoms with Crippen molar-refractivity contribution in [3.8, 4) is 0 Å². The molecule has 1 N–H and O–H groups in total. The highest BCUT2D eigenvalue weighted by molar-refractivity contribution is 5.73. The Morgan fingerprint density at radius 3 is 2.55 bits per heavy atom. The molecule has 114 valence electrons. The number of amides is 2. The van der Waals surface area contributed by atoms with Crippen molar-refractivity contribution in [3.05, 3.63) is 0 Å². The Kier molecular flexibility index (Phi) is 4.17. The lowest BCUT2D eigenvalue weighted by Gasteiger charge is -2.37. The molecule has 3 aliphatic rings. The van der Waals surface area contributed by atoms with Crippen LogP contribution in [0.15, 0.2) is 0 Å². The van der Waals surface area contributed by atoms with Crippen LogP contribution in [0.5, 0.6) is 0 Å².